The second kappa shape index (κ2) is 3.49. The molecule has 3 aromatic heterocycles. The van der Waals surface area contributed by atoms with E-state index in [1.165, 1.54) is 11.3 Å². The SMILES string of the molecule is O=C(Nc1nccs1)c1cc2occc2[nH]1. The van der Waals surface area contributed by atoms with E-state index in [9.17, 15) is 4.79 Å². The van der Waals surface area contributed by atoms with Crippen molar-refractivity contribution >= 4 is 33.5 Å². The second-order valence-electron chi connectivity index (χ2n) is 3.17. The van der Waals surface area contributed by atoms with Crippen molar-refractivity contribution in [1.82, 2.24) is 9.97 Å². The zero-order valence-electron chi connectivity index (χ0n) is 8.06. The maximum absolute atomic E-state index is 11.8. The molecule has 0 radical (unpaired) electrons. The van der Waals surface area contributed by atoms with Crippen LogP contribution in [0.25, 0.3) is 11.1 Å². The van der Waals surface area contributed by atoms with Gasteiger partial charge >= 0.3 is 0 Å². The summed E-state index contributed by atoms with van der Waals surface area (Å²) in [6.45, 7) is 0. The smallest absolute Gasteiger partial charge is 0.274 e. The van der Waals surface area contributed by atoms with Gasteiger partial charge in [0.25, 0.3) is 5.91 Å². The van der Waals surface area contributed by atoms with Crippen LogP contribution in [0.2, 0.25) is 0 Å². The number of fused-ring (bicyclic) bond motifs is 1. The quantitative estimate of drug-likeness (QED) is 0.714. The fourth-order valence-corrected chi connectivity index (χ4v) is 1.94. The lowest BCUT2D eigenvalue weighted by Gasteiger charge is -1.97. The van der Waals surface area contributed by atoms with Crippen LogP contribution >= 0.6 is 11.3 Å². The van der Waals surface area contributed by atoms with E-state index in [1.807, 2.05) is 0 Å². The molecule has 3 rings (SSSR count). The number of aromatic nitrogens is 2. The molecule has 5 nitrogen and oxygen atoms in total. The number of furan rings is 1. The minimum absolute atomic E-state index is 0.221. The summed E-state index contributed by atoms with van der Waals surface area (Å²) >= 11 is 1.37. The number of amides is 1. The summed E-state index contributed by atoms with van der Waals surface area (Å²) in [5.41, 5.74) is 1.94. The van der Waals surface area contributed by atoms with Gasteiger partial charge in [-0.15, -0.1) is 11.3 Å². The van der Waals surface area contributed by atoms with Crippen LogP contribution in [0.15, 0.2) is 34.4 Å². The molecule has 2 N–H and O–H groups in total. The molecule has 16 heavy (non-hydrogen) atoms. The Labute approximate surface area is 94.1 Å². The molecule has 0 saturated heterocycles. The Morgan fingerprint density at radius 3 is 3.25 bits per heavy atom. The lowest BCUT2D eigenvalue weighted by molar-refractivity contribution is 0.102. The van der Waals surface area contributed by atoms with Crippen LogP contribution in [0, 0.1) is 0 Å². The molecule has 0 saturated carbocycles. The highest BCUT2D eigenvalue weighted by Gasteiger charge is 2.11. The number of hydrogen-bond donors (Lipinski definition) is 2. The molecule has 1 amide bonds. The normalized spacial score (nSPS) is 10.8. The third-order valence-electron chi connectivity index (χ3n) is 2.14. The Hall–Kier alpha value is -2.08. The summed E-state index contributed by atoms with van der Waals surface area (Å²) in [6, 6.07) is 3.44. The molecular weight excluding hydrogens is 226 g/mol. The van der Waals surface area contributed by atoms with E-state index in [0.717, 1.165) is 5.52 Å². The second-order valence-corrected chi connectivity index (χ2v) is 4.07. The number of hydrogen-bond acceptors (Lipinski definition) is 4. The molecule has 0 aliphatic rings. The van der Waals surface area contributed by atoms with Gasteiger partial charge in [0.05, 0.1) is 11.8 Å². The van der Waals surface area contributed by atoms with Crippen molar-refractivity contribution in [3.8, 4) is 0 Å². The van der Waals surface area contributed by atoms with Crippen LogP contribution in [0.3, 0.4) is 0 Å². The zero-order valence-corrected chi connectivity index (χ0v) is 8.88. The van der Waals surface area contributed by atoms with Gasteiger partial charge in [0.15, 0.2) is 10.7 Å². The van der Waals surface area contributed by atoms with E-state index >= 15 is 0 Å². The number of aromatic amines is 1. The lowest BCUT2D eigenvalue weighted by Crippen LogP contribution is -2.11. The summed E-state index contributed by atoms with van der Waals surface area (Å²) in [4.78, 5) is 18.7. The average molecular weight is 233 g/mol. The average Bonchev–Trinajstić information content (AvgIpc) is 2.91. The van der Waals surface area contributed by atoms with Crippen LogP contribution in [-0.2, 0) is 0 Å². The van der Waals surface area contributed by atoms with Crippen molar-refractivity contribution in [1.29, 1.82) is 0 Å². The molecule has 6 heteroatoms. The van der Waals surface area contributed by atoms with Gasteiger partial charge in [-0.2, -0.15) is 0 Å². The maximum atomic E-state index is 11.8. The molecule has 0 aliphatic carbocycles. The first-order chi connectivity index (χ1) is 7.83. The van der Waals surface area contributed by atoms with Gasteiger partial charge in [0, 0.05) is 23.7 Å². The zero-order chi connectivity index (χ0) is 11.0. The molecule has 3 heterocycles. The molecule has 0 fully saturated rings. The fourth-order valence-electron chi connectivity index (χ4n) is 1.42. The van der Waals surface area contributed by atoms with E-state index in [-0.39, 0.29) is 5.91 Å². The van der Waals surface area contributed by atoms with E-state index in [4.69, 9.17) is 4.42 Å². The van der Waals surface area contributed by atoms with Crippen molar-refractivity contribution in [2.75, 3.05) is 5.32 Å². The Kier molecular flexibility index (Phi) is 2.00. The predicted molar refractivity (Wildman–Crippen MR) is 60.6 cm³/mol. The van der Waals surface area contributed by atoms with E-state index in [2.05, 4.69) is 15.3 Å². The summed E-state index contributed by atoms with van der Waals surface area (Å²) in [7, 11) is 0. The highest BCUT2D eigenvalue weighted by molar-refractivity contribution is 7.13. The molecular formula is C10H7N3O2S. The third kappa shape index (κ3) is 1.49. The number of H-pyrrole nitrogens is 1. The van der Waals surface area contributed by atoms with Gasteiger partial charge < -0.3 is 9.40 Å². The van der Waals surface area contributed by atoms with Gasteiger partial charge in [-0.25, -0.2) is 4.98 Å². The number of carbonyl (C=O) groups excluding carboxylic acids is 1. The number of nitrogens with one attached hydrogen (secondary N) is 2. The number of nitrogens with zero attached hydrogens (tertiary/aromatic N) is 1. The Morgan fingerprint density at radius 2 is 2.50 bits per heavy atom. The topological polar surface area (TPSA) is 70.9 Å². The lowest BCUT2D eigenvalue weighted by atomic mass is 10.4. The molecule has 0 atom stereocenters. The monoisotopic (exact) mass is 233 g/mol. The number of thiazole rings is 1. The summed E-state index contributed by atoms with van der Waals surface area (Å²) in [6.07, 6.45) is 3.21. The highest BCUT2D eigenvalue weighted by Crippen LogP contribution is 2.17. The van der Waals surface area contributed by atoms with Crippen LogP contribution in [0.5, 0.6) is 0 Å². The molecule has 0 spiro atoms. The van der Waals surface area contributed by atoms with Crippen LogP contribution in [-0.4, -0.2) is 15.9 Å². The third-order valence-corrected chi connectivity index (χ3v) is 2.83. The van der Waals surface area contributed by atoms with Gasteiger partial charge in [-0.1, -0.05) is 0 Å². The molecule has 3 aromatic rings. The molecule has 80 valence electrons. The first kappa shape index (κ1) is 9.17. The molecule has 0 aromatic carbocycles. The van der Waals surface area contributed by atoms with E-state index < -0.39 is 0 Å². The van der Waals surface area contributed by atoms with E-state index in [0.29, 0.717) is 16.4 Å². The largest absolute Gasteiger partial charge is 0.463 e. The first-order valence-electron chi connectivity index (χ1n) is 4.60. The van der Waals surface area contributed by atoms with Crippen LogP contribution in [0.4, 0.5) is 5.13 Å². The van der Waals surface area contributed by atoms with Gasteiger partial charge in [0.2, 0.25) is 0 Å². The number of rotatable bonds is 2. The van der Waals surface area contributed by atoms with Crippen molar-refractivity contribution in [3.63, 3.8) is 0 Å². The Bertz CT molecular complexity index is 595. The predicted octanol–water partition coefficient (Wildman–Crippen LogP) is 2.47. The summed E-state index contributed by atoms with van der Waals surface area (Å²) in [5.74, 6) is -0.221. The maximum Gasteiger partial charge on any atom is 0.274 e. The van der Waals surface area contributed by atoms with Crippen molar-refractivity contribution in [2.24, 2.45) is 0 Å². The Balaban J connectivity index is 1.87. The van der Waals surface area contributed by atoms with Gasteiger partial charge in [0.1, 0.15) is 5.69 Å². The van der Waals surface area contributed by atoms with Crippen molar-refractivity contribution in [3.05, 3.63) is 35.7 Å². The highest BCUT2D eigenvalue weighted by atomic mass is 32.1. The Morgan fingerprint density at radius 1 is 1.56 bits per heavy atom. The van der Waals surface area contributed by atoms with E-state index in [1.54, 1.807) is 30.0 Å². The summed E-state index contributed by atoms with van der Waals surface area (Å²) < 4.78 is 5.16. The number of carbonyl (C=O) groups is 1. The molecule has 0 unspecified atom stereocenters. The van der Waals surface area contributed by atoms with Gasteiger partial charge in [-0.05, 0) is 0 Å². The fraction of sp³-hybridized carbons (Fsp3) is 0. The van der Waals surface area contributed by atoms with Crippen LogP contribution < -0.4 is 5.32 Å². The van der Waals surface area contributed by atoms with Crippen molar-refractivity contribution < 1.29 is 9.21 Å². The summed E-state index contributed by atoms with van der Waals surface area (Å²) in [5, 5.41) is 5.07. The minimum atomic E-state index is -0.221. The van der Waals surface area contributed by atoms with Gasteiger partial charge in [-0.3, -0.25) is 10.1 Å². The van der Waals surface area contributed by atoms with Crippen molar-refractivity contribution in [2.45, 2.75) is 0 Å². The molecule has 0 aliphatic heterocycles. The first-order valence-corrected chi connectivity index (χ1v) is 5.48. The molecule has 0 bridgehead atoms. The number of anilines is 1. The van der Waals surface area contributed by atoms with Crippen LogP contribution in [0.1, 0.15) is 10.5 Å². The standard InChI is InChI=1S/C10H7N3O2S/c14-9(13-10-11-2-4-16-10)7-5-8-6(12-7)1-3-15-8/h1-5,12H,(H,11,13,14). The minimum Gasteiger partial charge on any atom is -0.463 e.